The van der Waals surface area contributed by atoms with E-state index >= 15 is 0 Å². The predicted molar refractivity (Wildman–Crippen MR) is 159 cm³/mol. The Kier molecular flexibility index (Phi) is 21.5. The summed E-state index contributed by atoms with van der Waals surface area (Å²) in [7, 11) is -9.89. The van der Waals surface area contributed by atoms with Gasteiger partial charge < -0.3 is 11.0 Å². The monoisotopic (exact) mass is 796 g/mol. The molecule has 6 aromatic rings. The summed E-state index contributed by atoms with van der Waals surface area (Å²) in [5.74, 6) is 4.75. The molecule has 0 bridgehead atoms. The third-order valence-electron chi connectivity index (χ3n) is 5.27. The fourth-order valence-electron chi connectivity index (χ4n) is 3.62. The van der Waals surface area contributed by atoms with Gasteiger partial charge in [-0.05, 0) is 72.8 Å². The van der Waals surface area contributed by atoms with Crippen molar-refractivity contribution in [3.63, 3.8) is 0 Å². The summed E-state index contributed by atoms with van der Waals surface area (Å²) in [5, 5.41) is 0. The van der Waals surface area contributed by atoms with E-state index in [1.807, 2.05) is 119 Å². The maximum atomic E-state index is 8.49. The van der Waals surface area contributed by atoms with Crippen molar-refractivity contribution in [3.8, 4) is 0 Å². The molecule has 0 aliphatic rings. The van der Waals surface area contributed by atoms with E-state index in [-0.39, 0.29) is 30.4 Å². The van der Waals surface area contributed by atoms with Crippen LogP contribution in [0.25, 0.3) is 0 Å². The molecule has 264 valence electrons. The van der Waals surface area contributed by atoms with Crippen LogP contribution < -0.4 is 47.1 Å². The van der Waals surface area contributed by atoms with E-state index in [0.29, 0.717) is 0 Å². The van der Waals surface area contributed by atoms with E-state index in [1.165, 1.54) is 0 Å². The Morgan fingerprint density at radius 3 is 0.549 bits per heavy atom. The second-order valence-corrected chi connectivity index (χ2v) is 10.1. The summed E-state index contributed by atoms with van der Waals surface area (Å²) >= 11 is 0. The molecule has 0 aliphatic carbocycles. The Labute approximate surface area is 308 Å². The molecule has 6 aromatic heterocycles. The van der Waals surface area contributed by atoms with Crippen molar-refractivity contribution in [1.82, 2.24) is 29.9 Å². The average Bonchev–Trinajstić information content (AvgIpc) is 3.07. The summed E-state index contributed by atoms with van der Waals surface area (Å²) < 4.78 is 67.9. The van der Waals surface area contributed by atoms with Gasteiger partial charge in [0, 0.05) is 37.2 Å². The molecule has 6 rings (SSSR count). The first-order valence-electron chi connectivity index (χ1n) is 13.2. The van der Waals surface area contributed by atoms with Crippen molar-refractivity contribution in [3.05, 3.63) is 146 Å². The van der Waals surface area contributed by atoms with Gasteiger partial charge in [-0.3, -0.25) is 9.80 Å². The van der Waals surface area contributed by atoms with Crippen LogP contribution in [0.1, 0.15) is 0 Å². The smallest absolute Gasteiger partial charge is 0.457 e. The van der Waals surface area contributed by atoms with Crippen LogP contribution in [0.15, 0.2) is 146 Å². The van der Waals surface area contributed by atoms with Crippen LogP contribution in [-0.4, -0.2) is 29.9 Å². The minimum absolute atomic E-state index is 0. The van der Waals surface area contributed by atoms with Crippen molar-refractivity contribution in [2.75, 3.05) is 9.80 Å². The second kappa shape index (κ2) is 23.7. The standard InChI is InChI=1S/2C15H12N4.2ClHO4.2H2O.Zn/c2*1-4-10-16-13(7-1)19(14-8-2-5-11-17-14)15-9-3-6-12-18-15;2*2-1(3,4)5;;;/h2*1-12H;2*(H,2,3,4,5);2*1H2;/q;;;;;;+2. The van der Waals surface area contributed by atoms with E-state index in [0.717, 1.165) is 34.9 Å². The molecule has 0 saturated heterocycles. The zero-order chi connectivity index (χ0) is 34.8. The number of aromatic nitrogens is 6. The molecule has 0 aliphatic heterocycles. The molecule has 0 amide bonds. The van der Waals surface area contributed by atoms with E-state index in [1.54, 1.807) is 37.2 Å². The molecule has 18 nitrogen and oxygen atoms in total. The summed E-state index contributed by atoms with van der Waals surface area (Å²) in [4.78, 5) is 30.1. The Balaban J connectivity index is 0.000000743. The molecular weight excluding hydrogens is 769 g/mol. The van der Waals surface area contributed by atoms with Crippen molar-refractivity contribution < 1.29 is 88.2 Å². The van der Waals surface area contributed by atoms with Crippen LogP contribution in [0.5, 0.6) is 0 Å². The molecule has 0 aromatic carbocycles. The number of hydrogen-bond donors (Lipinski definition) is 0. The van der Waals surface area contributed by atoms with E-state index in [2.05, 4.69) is 29.9 Å². The number of rotatable bonds is 6. The minimum atomic E-state index is -4.94. The number of hydrogen-bond acceptors (Lipinski definition) is 16. The van der Waals surface area contributed by atoms with E-state index in [4.69, 9.17) is 37.3 Å². The minimum Gasteiger partial charge on any atom is -0.457 e. The Hall–Kier alpha value is -4.70. The van der Waals surface area contributed by atoms with Crippen LogP contribution in [0, 0.1) is 20.5 Å². The maximum absolute atomic E-state index is 8.49. The quantitative estimate of drug-likeness (QED) is 0.113. The Bertz CT molecular complexity index is 1400. The van der Waals surface area contributed by atoms with Crippen LogP contribution in [0.3, 0.4) is 0 Å². The van der Waals surface area contributed by atoms with Gasteiger partial charge in [0.15, 0.2) is 0 Å². The number of halogens is 2. The normalized spacial score (nSPS) is 9.88. The summed E-state index contributed by atoms with van der Waals surface area (Å²) in [5.41, 5.74) is 0. The van der Waals surface area contributed by atoms with Gasteiger partial charge >= 0.3 is 19.5 Å². The van der Waals surface area contributed by atoms with E-state index in [9.17, 15) is 0 Å². The van der Waals surface area contributed by atoms with Crippen LogP contribution in [0.2, 0.25) is 0 Å². The fourth-order valence-corrected chi connectivity index (χ4v) is 3.62. The molecule has 0 fully saturated rings. The first-order chi connectivity index (χ1) is 22.9. The molecule has 0 unspecified atom stereocenters. The van der Waals surface area contributed by atoms with Crippen molar-refractivity contribution in [2.24, 2.45) is 0 Å². The molecule has 0 spiro atoms. The average molecular weight is 799 g/mol. The molecule has 0 saturated carbocycles. The largest absolute Gasteiger partial charge is 2.00 e. The predicted octanol–water partition coefficient (Wildman–Crippen LogP) is -4.68. The summed E-state index contributed by atoms with van der Waals surface area (Å²) in [6, 6.07) is 34.6. The topological polar surface area (TPSA) is 334 Å². The fraction of sp³-hybridized carbons (Fsp3) is 0. The van der Waals surface area contributed by atoms with Gasteiger partial charge in [-0.2, -0.15) is 0 Å². The van der Waals surface area contributed by atoms with Gasteiger partial charge in [0.25, 0.3) is 0 Å². The number of anilines is 6. The van der Waals surface area contributed by atoms with Crippen LogP contribution in [0.4, 0.5) is 34.9 Å². The molecule has 21 heteroatoms. The van der Waals surface area contributed by atoms with Gasteiger partial charge in [0.05, 0.1) is 0 Å². The van der Waals surface area contributed by atoms with Gasteiger partial charge in [-0.15, -0.1) is 20.5 Å². The van der Waals surface area contributed by atoms with Gasteiger partial charge in [0.2, 0.25) is 0 Å². The Morgan fingerprint density at radius 1 is 0.314 bits per heavy atom. The van der Waals surface area contributed by atoms with E-state index < -0.39 is 20.5 Å². The van der Waals surface area contributed by atoms with Crippen molar-refractivity contribution in [2.45, 2.75) is 0 Å². The Morgan fingerprint density at radius 2 is 0.451 bits per heavy atom. The van der Waals surface area contributed by atoms with Crippen molar-refractivity contribution in [1.29, 1.82) is 0 Å². The molecule has 6 heterocycles. The van der Waals surface area contributed by atoms with Gasteiger partial charge in [-0.1, -0.05) is 36.4 Å². The van der Waals surface area contributed by atoms with Gasteiger partial charge in [0.1, 0.15) is 34.9 Å². The first-order valence-corrected chi connectivity index (χ1v) is 15.7. The maximum Gasteiger partial charge on any atom is 2.00 e. The third kappa shape index (κ3) is 18.8. The zero-order valence-corrected chi connectivity index (χ0v) is 30.8. The number of pyridine rings is 6. The SMILES string of the molecule is [O-][Cl+3]([O-])([O-])[O-].[O-][Cl+3]([O-])([O-])[O-].[OH3+].[OH3+].[Zn+2].c1ccc(N(c2ccccn2)c2ccccn2)nc1.c1ccc(N(c2ccccn2)c2ccccn2)nc1. The number of nitrogens with zero attached hydrogens (tertiary/aromatic N) is 8. The summed E-state index contributed by atoms with van der Waals surface area (Å²) in [6.45, 7) is 0. The molecular formula is C30H30Cl2N8O10Zn+2. The third-order valence-corrected chi connectivity index (χ3v) is 5.27. The molecule has 0 atom stereocenters. The first kappa shape index (κ1) is 46.3. The summed E-state index contributed by atoms with van der Waals surface area (Å²) in [6.07, 6.45) is 10.5. The molecule has 6 N–H and O–H groups in total. The van der Waals surface area contributed by atoms with Crippen molar-refractivity contribution >= 4 is 34.9 Å². The van der Waals surface area contributed by atoms with Crippen LogP contribution in [-0.2, 0) is 30.4 Å². The van der Waals surface area contributed by atoms with Crippen LogP contribution >= 0.6 is 0 Å². The zero-order valence-electron chi connectivity index (χ0n) is 26.3. The molecule has 0 radical (unpaired) electrons. The second-order valence-electron chi connectivity index (χ2n) is 8.55. The van der Waals surface area contributed by atoms with Gasteiger partial charge in [-0.25, -0.2) is 67.2 Å². The molecule has 51 heavy (non-hydrogen) atoms.